The molecule has 2 aromatic carbocycles. The lowest BCUT2D eigenvalue weighted by Crippen LogP contribution is -2.71. The van der Waals surface area contributed by atoms with E-state index in [-0.39, 0.29) is 10.9 Å². The minimum atomic E-state index is -2.68. The number of aliphatic hydroxyl groups is 1. The maximum absolute atomic E-state index is 11.8. The molecule has 1 aliphatic rings. The molecule has 0 saturated heterocycles. The fraction of sp³-hybridized carbons (Fsp3) is 0.435. The van der Waals surface area contributed by atoms with Crippen molar-refractivity contribution in [3.63, 3.8) is 0 Å². The van der Waals surface area contributed by atoms with Crippen molar-refractivity contribution < 1.29 is 14.3 Å². The van der Waals surface area contributed by atoms with Gasteiger partial charge in [-0.1, -0.05) is 81.4 Å². The number of nitrogens with one attached hydrogen (secondary N) is 1. The van der Waals surface area contributed by atoms with Crippen LogP contribution in [-0.4, -0.2) is 37.6 Å². The van der Waals surface area contributed by atoms with Crippen LogP contribution in [0, 0.1) is 0 Å². The number of rotatable bonds is 6. The van der Waals surface area contributed by atoms with Gasteiger partial charge in [0.2, 0.25) is 5.91 Å². The van der Waals surface area contributed by atoms with Crippen LogP contribution < -0.4 is 15.7 Å². The molecule has 0 radical (unpaired) electrons. The van der Waals surface area contributed by atoms with Crippen LogP contribution in [0.25, 0.3) is 0 Å². The lowest BCUT2D eigenvalue weighted by molar-refractivity contribution is -0.128. The van der Waals surface area contributed by atoms with Crippen LogP contribution in [0.1, 0.15) is 40.5 Å². The molecule has 0 spiro atoms. The highest BCUT2D eigenvalue weighted by Gasteiger charge is 2.54. The minimum absolute atomic E-state index is 0.134. The molecule has 2 N–H and O–H groups in total. The first-order valence-corrected chi connectivity index (χ1v) is 11.8. The quantitative estimate of drug-likeness (QED) is 0.737. The molecule has 0 aromatic heterocycles. The highest BCUT2D eigenvalue weighted by molar-refractivity contribution is 6.99. The molecule has 28 heavy (non-hydrogen) atoms. The molecule has 1 saturated carbocycles. The van der Waals surface area contributed by atoms with Crippen LogP contribution in [0.15, 0.2) is 60.7 Å². The molecule has 0 aliphatic heterocycles. The van der Waals surface area contributed by atoms with Gasteiger partial charge in [0.05, 0.1) is 18.2 Å². The van der Waals surface area contributed by atoms with Gasteiger partial charge >= 0.3 is 0 Å². The minimum Gasteiger partial charge on any atom is -0.405 e. The average Bonchev–Trinajstić information content (AvgIpc) is 2.66. The summed E-state index contributed by atoms with van der Waals surface area (Å²) in [6, 6.07) is 20.8. The van der Waals surface area contributed by atoms with E-state index >= 15 is 0 Å². The van der Waals surface area contributed by atoms with E-state index in [1.807, 2.05) is 12.1 Å². The summed E-state index contributed by atoms with van der Waals surface area (Å²) in [4.78, 5) is 11.8. The summed E-state index contributed by atoms with van der Waals surface area (Å²) in [6.45, 7) is 8.47. The lowest BCUT2D eigenvalue weighted by atomic mass is 9.74. The number of hydrogen-bond donors (Lipinski definition) is 2. The van der Waals surface area contributed by atoms with E-state index < -0.39 is 20.0 Å². The van der Waals surface area contributed by atoms with Crippen LogP contribution in [0.3, 0.4) is 0 Å². The van der Waals surface area contributed by atoms with E-state index in [0.717, 1.165) is 6.42 Å². The first-order chi connectivity index (χ1) is 13.2. The van der Waals surface area contributed by atoms with E-state index in [1.165, 1.54) is 17.3 Å². The lowest BCUT2D eigenvalue weighted by Gasteiger charge is -2.50. The molecule has 1 fully saturated rings. The molecule has 2 aromatic rings. The zero-order valence-corrected chi connectivity index (χ0v) is 18.2. The molecular weight excluding hydrogens is 366 g/mol. The number of hydrogen-bond acceptors (Lipinski definition) is 3. The van der Waals surface area contributed by atoms with Crippen LogP contribution in [0.2, 0.25) is 5.04 Å². The van der Waals surface area contributed by atoms with Crippen LogP contribution in [0.4, 0.5) is 0 Å². The molecular formula is C23H31NO3Si. The molecule has 1 aliphatic carbocycles. The fourth-order valence-corrected chi connectivity index (χ4v) is 8.95. The monoisotopic (exact) mass is 397 g/mol. The second-order valence-electron chi connectivity index (χ2n) is 8.84. The summed E-state index contributed by atoms with van der Waals surface area (Å²) >= 11 is 0. The predicted molar refractivity (Wildman–Crippen MR) is 115 cm³/mol. The Morgan fingerprint density at radius 1 is 1.11 bits per heavy atom. The van der Waals surface area contributed by atoms with Gasteiger partial charge in [-0.05, 0) is 28.3 Å². The van der Waals surface area contributed by atoms with E-state index in [9.17, 15) is 9.90 Å². The molecule has 5 heteroatoms. The van der Waals surface area contributed by atoms with Crippen molar-refractivity contribution in [3.05, 3.63) is 60.7 Å². The van der Waals surface area contributed by atoms with E-state index in [2.05, 4.69) is 74.6 Å². The highest BCUT2D eigenvalue weighted by Crippen LogP contribution is 2.39. The Morgan fingerprint density at radius 2 is 1.61 bits per heavy atom. The molecule has 2 unspecified atom stereocenters. The van der Waals surface area contributed by atoms with Gasteiger partial charge in [0.25, 0.3) is 8.32 Å². The van der Waals surface area contributed by atoms with E-state index in [4.69, 9.17) is 4.43 Å². The topological polar surface area (TPSA) is 58.6 Å². The molecule has 0 heterocycles. The third-order valence-electron chi connectivity index (χ3n) is 5.89. The number of benzene rings is 2. The molecule has 2 atom stereocenters. The van der Waals surface area contributed by atoms with Gasteiger partial charge < -0.3 is 14.8 Å². The third kappa shape index (κ3) is 3.66. The van der Waals surface area contributed by atoms with Gasteiger partial charge in [-0.3, -0.25) is 4.79 Å². The number of carbonyl (C=O) groups excluding carboxylic acids is 1. The Kier molecular flexibility index (Phi) is 5.80. The van der Waals surface area contributed by atoms with E-state index in [1.54, 1.807) is 0 Å². The Bertz CT molecular complexity index is 764. The van der Waals surface area contributed by atoms with Crippen molar-refractivity contribution in [2.75, 3.05) is 6.61 Å². The Morgan fingerprint density at radius 3 is 1.93 bits per heavy atom. The average molecular weight is 398 g/mol. The van der Waals surface area contributed by atoms with Gasteiger partial charge in [0, 0.05) is 6.92 Å². The standard InChI is InChI=1S/C23H31NO3Si/c1-18(25)24-23(16-15-21(23)26)17-27-28(22(2,3)4,19-11-7-5-8-12-19)20-13-9-6-10-14-20/h5-14,21,26H,15-17H2,1-4H3,(H,24,25). The summed E-state index contributed by atoms with van der Waals surface area (Å²) in [5, 5.41) is 15.7. The van der Waals surface area contributed by atoms with Crippen molar-refractivity contribution in [2.45, 2.75) is 57.2 Å². The molecule has 3 rings (SSSR count). The molecule has 150 valence electrons. The summed E-state index contributed by atoms with van der Waals surface area (Å²) < 4.78 is 6.91. The van der Waals surface area contributed by atoms with Crippen LogP contribution in [0.5, 0.6) is 0 Å². The summed E-state index contributed by atoms with van der Waals surface area (Å²) in [7, 11) is -2.68. The zero-order chi connectivity index (χ0) is 20.4. The van der Waals surface area contributed by atoms with Gasteiger partial charge in [-0.2, -0.15) is 0 Å². The van der Waals surface area contributed by atoms with E-state index in [0.29, 0.717) is 13.0 Å². The Labute approximate surface area is 169 Å². The van der Waals surface area contributed by atoms with Crippen molar-refractivity contribution in [3.8, 4) is 0 Å². The number of amides is 1. The third-order valence-corrected chi connectivity index (χ3v) is 10.9. The normalized spacial score (nSPS) is 22.4. The maximum Gasteiger partial charge on any atom is 0.261 e. The van der Waals surface area contributed by atoms with Gasteiger partial charge in [0.1, 0.15) is 0 Å². The second-order valence-corrected chi connectivity index (χ2v) is 13.1. The van der Waals surface area contributed by atoms with Crippen molar-refractivity contribution in [2.24, 2.45) is 0 Å². The highest BCUT2D eigenvalue weighted by atomic mass is 28.4. The first kappa shape index (κ1) is 20.8. The molecule has 1 amide bonds. The summed E-state index contributed by atoms with van der Waals surface area (Å²) in [5.41, 5.74) is -0.696. The van der Waals surface area contributed by atoms with Gasteiger partial charge in [-0.25, -0.2) is 0 Å². The van der Waals surface area contributed by atoms with Crippen molar-refractivity contribution in [1.82, 2.24) is 5.32 Å². The molecule has 4 nitrogen and oxygen atoms in total. The molecule has 0 bridgehead atoms. The summed E-state index contributed by atoms with van der Waals surface area (Å²) in [5.74, 6) is -0.134. The number of carbonyl (C=O) groups is 1. The van der Waals surface area contributed by atoms with Crippen LogP contribution in [-0.2, 0) is 9.22 Å². The Hall–Kier alpha value is -1.95. The predicted octanol–water partition coefficient (Wildman–Crippen LogP) is 2.59. The summed E-state index contributed by atoms with van der Waals surface area (Å²) in [6.07, 6.45) is 0.839. The Balaban J connectivity index is 2.07. The van der Waals surface area contributed by atoms with Gasteiger partial charge in [0.15, 0.2) is 0 Å². The smallest absolute Gasteiger partial charge is 0.261 e. The SMILES string of the molecule is CC(=O)NC1(CO[Si](c2ccccc2)(c2ccccc2)C(C)(C)C)CCC1O. The zero-order valence-electron chi connectivity index (χ0n) is 17.2. The second kappa shape index (κ2) is 7.82. The first-order valence-electron chi connectivity index (χ1n) is 9.93. The van der Waals surface area contributed by atoms with Crippen molar-refractivity contribution in [1.29, 1.82) is 0 Å². The van der Waals surface area contributed by atoms with Crippen LogP contribution >= 0.6 is 0 Å². The number of aliphatic hydroxyl groups excluding tert-OH is 1. The fourth-order valence-electron chi connectivity index (χ4n) is 4.32. The van der Waals surface area contributed by atoms with Crippen molar-refractivity contribution >= 4 is 24.6 Å². The van der Waals surface area contributed by atoms with Gasteiger partial charge in [-0.15, -0.1) is 0 Å². The largest absolute Gasteiger partial charge is 0.405 e. The maximum atomic E-state index is 11.8.